The van der Waals surface area contributed by atoms with Gasteiger partial charge in [0.05, 0.1) is 50.3 Å². The molecule has 4 unspecified atom stereocenters. The van der Waals surface area contributed by atoms with Crippen LogP contribution in [0.25, 0.3) is 0 Å². The largest absolute Gasteiger partial charge is 0.332 e. The van der Waals surface area contributed by atoms with Gasteiger partial charge in [-0.1, -0.05) is 81.7 Å². The Labute approximate surface area is 601 Å². The minimum Gasteiger partial charge on any atom is -0.332 e. The molecule has 8 aliphatic heterocycles. The Morgan fingerprint density at radius 2 is 0.684 bits per heavy atom. The normalized spacial score (nSPS) is 34.3. The van der Waals surface area contributed by atoms with Gasteiger partial charge in [0.1, 0.15) is 23.3 Å². The van der Waals surface area contributed by atoms with Crippen LogP contribution in [0, 0.1) is 46.9 Å². The number of carbonyl (C=O) groups excluding carboxylic acids is 8. The van der Waals surface area contributed by atoms with Crippen molar-refractivity contribution in [3.63, 3.8) is 0 Å². The zero-order chi connectivity index (χ0) is 89.2. The van der Waals surface area contributed by atoms with E-state index in [1.54, 1.807) is 32.9 Å². The predicted molar refractivity (Wildman–Crippen MR) is 351 cm³/mol. The summed E-state index contributed by atoms with van der Waals surface area (Å²) in [7, 11) is 0. The third kappa shape index (κ3) is 14.9. The lowest BCUT2D eigenvalue weighted by Gasteiger charge is -2.45. The van der Waals surface area contributed by atoms with Gasteiger partial charge >= 0.3 is 0 Å². The van der Waals surface area contributed by atoms with Crippen LogP contribution in [0.15, 0.2) is 72.8 Å². The fourth-order valence-corrected chi connectivity index (χ4v) is 15.4. The number of rotatable bonds is 4. The molecular formula is C76H90F6N8O8. The average molecular weight is 1380 g/mol. The van der Waals surface area contributed by atoms with Crippen molar-refractivity contribution in [1.29, 1.82) is 0 Å². The first-order valence-electron chi connectivity index (χ1n) is 44.7. The van der Waals surface area contributed by atoms with Gasteiger partial charge in [0.15, 0.2) is 0 Å². The summed E-state index contributed by atoms with van der Waals surface area (Å²) in [5, 5.41) is 0. The summed E-state index contributed by atoms with van der Waals surface area (Å²) < 4.78 is 268. The van der Waals surface area contributed by atoms with E-state index in [1.165, 1.54) is 69.3 Å². The van der Waals surface area contributed by atoms with Gasteiger partial charge in [0.25, 0.3) is 0 Å². The number of alkyl halides is 2. The average Bonchev–Trinajstić information content (AvgIpc) is 0.765. The highest BCUT2D eigenvalue weighted by atomic mass is 19.3. The summed E-state index contributed by atoms with van der Waals surface area (Å²) in [5.41, 5.74) is 5.90. The molecule has 524 valence electrons. The molecule has 4 aliphatic carbocycles. The van der Waals surface area contributed by atoms with E-state index in [1.807, 2.05) is 0 Å². The summed E-state index contributed by atoms with van der Waals surface area (Å²) in [6, 6.07) is 15.0. The Bertz CT molecular complexity index is 4660. The zero-order valence-electron chi connectivity index (χ0n) is 76.6. The molecule has 0 spiro atoms. The molecule has 0 aromatic heterocycles. The lowest BCUT2D eigenvalue weighted by Crippen LogP contribution is -2.56. The van der Waals surface area contributed by atoms with Crippen LogP contribution >= 0.6 is 0 Å². The molecule has 8 amide bonds. The molecular weight excluding hydrogens is 1270 g/mol. The molecule has 0 bridgehead atoms. The summed E-state index contributed by atoms with van der Waals surface area (Å²) in [5.74, 6) is -16.3. The first-order chi connectivity index (χ1) is 55.8. The van der Waals surface area contributed by atoms with Gasteiger partial charge in [0, 0.05) is 120 Å². The molecule has 16 nitrogen and oxygen atoms in total. The van der Waals surface area contributed by atoms with Gasteiger partial charge in [0.2, 0.25) is 53.2 Å². The highest BCUT2D eigenvalue weighted by Crippen LogP contribution is 2.42. The Morgan fingerprint density at radius 3 is 1.02 bits per heavy atom. The maximum atomic E-state index is 14.0. The molecule has 4 saturated heterocycles. The van der Waals surface area contributed by atoms with Crippen LogP contribution in [-0.4, -0.2) is 171 Å². The molecule has 98 heavy (non-hydrogen) atoms. The second kappa shape index (κ2) is 29.6. The zero-order valence-corrected chi connectivity index (χ0v) is 53.6. The van der Waals surface area contributed by atoms with Crippen LogP contribution < -0.4 is 0 Å². The number of piperazine rings is 4. The second-order valence-electron chi connectivity index (χ2n) is 26.4. The van der Waals surface area contributed by atoms with E-state index in [0.717, 1.165) is 32.7 Å². The fourth-order valence-electron chi connectivity index (χ4n) is 15.4. The second-order valence-corrected chi connectivity index (χ2v) is 26.4. The third-order valence-electron chi connectivity index (χ3n) is 20.5. The first kappa shape index (κ1) is 45.8. The van der Waals surface area contributed by atoms with Crippen LogP contribution in [0.5, 0.6) is 0 Å². The maximum Gasteiger partial charge on any atom is 0.248 e. The van der Waals surface area contributed by atoms with Crippen LogP contribution in [0.4, 0.5) is 26.3 Å². The van der Waals surface area contributed by atoms with E-state index in [9.17, 15) is 64.7 Å². The third-order valence-corrected chi connectivity index (χ3v) is 20.5. The van der Waals surface area contributed by atoms with Crippen molar-refractivity contribution in [2.45, 2.75) is 177 Å². The molecule has 4 aromatic carbocycles. The molecule has 8 fully saturated rings. The van der Waals surface area contributed by atoms with Crippen molar-refractivity contribution >= 4 is 47.3 Å². The van der Waals surface area contributed by atoms with E-state index in [0.29, 0.717) is 106 Å². The molecule has 0 radical (unpaired) electrons. The van der Waals surface area contributed by atoms with Gasteiger partial charge in [-0.3, -0.25) is 38.4 Å². The van der Waals surface area contributed by atoms with Crippen molar-refractivity contribution in [3.8, 4) is 0 Å². The minimum absolute atomic E-state index is 0.0210. The number of benzene rings is 4. The van der Waals surface area contributed by atoms with Crippen molar-refractivity contribution in [2.24, 2.45) is 23.6 Å². The highest BCUT2D eigenvalue weighted by molar-refractivity contribution is 5.90. The van der Waals surface area contributed by atoms with E-state index in [-0.39, 0.29) is 112 Å². The van der Waals surface area contributed by atoms with Crippen molar-refractivity contribution in [1.82, 2.24) is 39.2 Å². The Hall–Kier alpha value is -7.78. The Balaban J connectivity index is 0.000000140. The molecule has 12 aliphatic rings. The molecule has 4 saturated carbocycles. The minimum atomic E-state index is -3.85. The number of carbonyl (C=O) groups is 8. The quantitative estimate of drug-likeness (QED) is 0.182. The van der Waals surface area contributed by atoms with E-state index in [2.05, 4.69) is 0 Å². The monoisotopic (exact) mass is 1380 g/mol. The van der Waals surface area contributed by atoms with E-state index < -0.39 is 154 Å². The number of halogens is 6. The number of fused-ring (bicyclic) bond motifs is 12. The van der Waals surface area contributed by atoms with Gasteiger partial charge in [-0.15, -0.1) is 0 Å². The van der Waals surface area contributed by atoms with Crippen LogP contribution in [0.1, 0.15) is 222 Å². The van der Waals surface area contributed by atoms with Gasteiger partial charge in [-0.2, -0.15) is 0 Å². The predicted octanol–water partition coefficient (Wildman–Crippen LogP) is 10.9. The van der Waals surface area contributed by atoms with Crippen molar-refractivity contribution in [3.05, 3.63) is 141 Å². The standard InChI is InChI=1S/C19H21F3N2O2.3C19H23FN2O2/c20-14-2-1-12-5-8-24-16(15(12)9-14)10-23(11-17(24)25)18(26)13-3-6-19(21,22)7-4-13;3*20-15-7-6-13-8-9-22-17(16(13)10-15)11-21(12-18(22)23)19(24)14-4-2-1-3-5-14/h1-2,9,13,16H,3-8,10-11H2;3*6-7,10,14,17H,1-5,8-9,11-12H2/i;1D2,2D2,3D2,4D2,5D2,14D;1D2,2D2,3D2,4D2,5D2;1D2. The lowest BCUT2D eigenvalue weighted by molar-refractivity contribution is -0.153. The van der Waals surface area contributed by atoms with E-state index >= 15 is 0 Å². The molecule has 4 atom stereocenters. The van der Waals surface area contributed by atoms with Gasteiger partial charge in [-0.25, -0.2) is 26.3 Å². The number of hydrogen-bond acceptors (Lipinski definition) is 8. The summed E-state index contributed by atoms with van der Waals surface area (Å²) in [6.07, 6.45) is -34.1. The summed E-state index contributed by atoms with van der Waals surface area (Å²) >= 11 is 0. The Morgan fingerprint density at radius 1 is 0.388 bits per heavy atom. The molecule has 22 heteroatoms. The smallest absolute Gasteiger partial charge is 0.248 e. The summed E-state index contributed by atoms with van der Waals surface area (Å²) in [4.78, 5) is 115. The number of hydrogen-bond donors (Lipinski definition) is 0. The SMILES string of the molecule is O=C(C1CCC(F)(F)CC1)N1CC(=O)N2CCc3ccc(F)cc3C2C1.[2H]C1([2H])C(C(=O)N2CC(=O)N3CCc4ccc(F)cc4C3C2)C([2H])([2H])C([2H])([2H])C([2H])([2H])C1([2H])[2H].[2H]C1([2H])C([2H])([2H])C([2H])([2H])C([2H])(C(=O)N2CC(=O)N3CCc4ccc(F)cc4C3C2)C([2H])([2H])C1([2H])[2H].[2H]C1([2H])CCC(C(=O)N2CC(=O)N3CCc4ccc(F)cc4C3C2)CC1. The number of amides is 8. The molecule has 4 aromatic rings. The topological polar surface area (TPSA) is 162 Å². The van der Waals surface area contributed by atoms with Crippen LogP contribution in [0.3, 0.4) is 0 Å². The summed E-state index contributed by atoms with van der Waals surface area (Å²) in [6.45, 7) is 0.564. The lowest BCUT2D eigenvalue weighted by atomic mass is 9.85. The first-order valence-corrected chi connectivity index (χ1v) is 33.2. The van der Waals surface area contributed by atoms with Crippen molar-refractivity contribution < 1.29 is 96.2 Å². The highest BCUT2D eigenvalue weighted by Gasteiger charge is 2.46. The maximum absolute atomic E-state index is 14.0. The fraction of sp³-hybridized carbons (Fsp3) is 0.579. The van der Waals surface area contributed by atoms with Crippen LogP contribution in [-0.2, 0) is 64.0 Å². The Kier molecular flexibility index (Phi) is 13.8. The molecule has 8 heterocycles. The molecule has 0 N–H and O–H groups in total. The van der Waals surface area contributed by atoms with Crippen LogP contribution in [0.2, 0.25) is 0 Å². The van der Waals surface area contributed by atoms with Gasteiger partial charge < -0.3 is 39.2 Å². The number of nitrogens with zero attached hydrogens (tertiary/aromatic N) is 8. The van der Waals surface area contributed by atoms with Crippen molar-refractivity contribution in [2.75, 3.05) is 78.5 Å². The van der Waals surface area contributed by atoms with E-state index in [4.69, 9.17) is 31.5 Å². The molecule has 16 rings (SSSR count). The van der Waals surface area contributed by atoms with Gasteiger partial charge in [-0.05, 0) is 170 Å².